The third-order valence-corrected chi connectivity index (χ3v) is 5.49. The van der Waals surface area contributed by atoms with Crippen LogP contribution >= 0.6 is 11.3 Å². The number of hydrogen-bond donors (Lipinski definition) is 3. The number of carboxylic acids is 2. The molecule has 0 bridgehead atoms. The van der Waals surface area contributed by atoms with E-state index in [1.807, 2.05) is 36.4 Å². The van der Waals surface area contributed by atoms with Gasteiger partial charge in [0.15, 0.2) is 0 Å². The first-order valence-electron chi connectivity index (χ1n) is 8.23. The fourth-order valence-electron chi connectivity index (χ4n) is 2.94. The molecule has 0 saturated carbocycles. The van der Waals surface area contributed by atoms with Crippen LogP contribution in [-0.4, -0.2) is 28.2 Å². The van der Waals surface area contributed by atoms with Crippen molar-refractivity contribution in [3.05, 3.63) is 60.2 Å². The van der Waals surface area contributed by atoms with Crippen LogP contribution < -0.4 is 5.73 Å². The number of nitrogens with two attached hydrogens (primary N) is 1. The van der Waals surface area contributed by atoms with Crippen molar-refractivity contribution in [2.45, 2.75) is 18.9 Å². The predicted octanol–water partition coefficient (Wildman–Crippen LogP) is 3.61. The highest BCUT2D eigenvalue weighted by molar-refractivity contribution is 7.22. The summed E-state index contributed by atoms with van der Waals surface area (Å²) >= 11 is 1.68. The number of fused-ring (bicyclic) bond motifs is 1. The van der Waals surface area contributed by atoms with E-state index in [1.54, 1.807) is 11.3 Å². The number of hydrogen-bond acceptors (Lipinski definition) is 4. The SMILES string of the molecule is N[C@H](C[C@@H](Cc1cccc(-c2cc3ccccc3s2)c1)C(=O)O)C(=O)O. The van der Waals surface area contributed by atoms with Crippen molar-refractivity contribution in [1.82, 2.24) is 0 Å². The maximum absolute atomic E-state index is 11.5. The Morgan fingerprint density at radius 2 is 1.77 bits per heavy atom. The summed E-state index contributed by atoms with van der Waals surface area (Å²) in [4.78, 5) is 23.5. The lowest BCUT2D eigenvalue weighted by Gasteiger charge is -2.15. The summed E-state index contributed by atoms with van der Waals surface area (Å²) < 4.78 is 1.20. The van der Waals surface area contributed by atoms with Gasteiger partial charge in [0.2, 0.25) is 0 Å². The molecular weight excluding hydrogens is 350 g/mol. The molecule has 134 valence electrons. The zero-order valence-electron chi connectivity index (χ0n) is 14.0. The summed E-state index contributed by atoms with van der Waals surface area (Å²) in [6.45, 7) is 0. The van der Waals surface area contributed by atoms with E-state index in [-0.39, 0.29) is 12.8 Å². The lowest BCUT2D eigenvalue weighted by atomic mass is 9.92. The number of rotatable bonds is 7. The molecule has 26 heavy (non-hydrogen) atoms. The highest BCUT2D eigenvalue weighted by Crippen LogP contribution is 2.34. The van der Waals surface area contributed by atoms with Crippen molar-refractivity contribution in [3.8, 4) is 10.4 Å². The van der Waals surface area contributed by atoms with Gasteiger partial charge in [-0.1, -0.05) is 42.5 Å². The molecule has 2 atom stereocenters. The van der Waals surface area contributed by atoms with E-state index in [1.165, 1.54) is 10.1 Å². The predicted molar refractivity (Wildman–Crippen MR) is 102 cm³/mol. The van der Waals surface area contributed by atoms with Gasteiger partial charge >= 0.3 is 11.9 Å². The molecule has 5 nitrogen and oxygen atoms in total. The molecular formula is C20H19NO4S. The Hall–Kier alpha value is -2.70. The second-order valence-electron chi connectivity index (χ2n) is 6.27. The molecule has 4 N–H and O–H groups in total. The van der Waals surface area contributed by atoms with Gasteiger partial charge in [0.25, 0.3) is 0 Å². The number of carbonyl (C=O) groups is 2. The number of thiophene rings is 1. The van der Waals surface area contributed by atoms with Gasteiger partial charge in [0, 0.05) is 9.58 Å². The standard InChI is InChI=1S/C20H19NO4S/c21-16(20(24)25)10-15(19(22)23)9-12-4-3-6-13(8-12)18-11-14-5-1-2-7-17(14)26-18/h1-8,11,15-16H,9-10,21H2,(H,22,23)(H,24,25)/t15-,16-/m1/s1. The maximum atomic E-state index is 11.5. The lowest BCUT2D eigenvalue weighted by molar-refractivity contribution is -0.143. The van der Waals surface area contributed by atoms with Crippen molar-refractivity contribution >= 4 is 33.4 Å². The van der Waals surface area contributed by atoms with Crippen LogP contribution in [0, 0.1) is 5.92 Å². The average Bonchev–Trinajstić information content (AvgIpc) is 3.05. The van der Waals surface area contributed by atoms with Gasteiger partial charge in [-0.05, 0) is 41.5 Å². The molecule has 0 spiro atoms. The monoisotopic (exact) mass is 369 g/mol. The third kappa shape index (κ3) is 4.09. The fraction of sp³-hybridized carbons (Fsp3) is 0.200. The van der Waals surface area contributed by atoms with E-state index in [9.17, 15) is 14.7 Å². The van der Waals surface area contributed by atoms with Crippen LogP contribution in [0.3, 0.4) is 0 Å². The fourth-order valence-corrected chi connectivity index (χ4v) is 4.00. The van der Waals surface area contributed by atoms with Gasteiger partial charge < -0.3 is 15.9 Å². The molecule has 0 amide bonds. The Kier molecular flexibility index (Phi) is 5.35. The van der Waals surface area contributed by atoms with Crippen LogP contribution in [0.4, 0.5) is 0 Å². The minimum absolute atomic E-state index is 0.0994. The first kappa shape index (κ1) is 18.1. The van der Waals surface area contributed by atoms with Crippen LogP contribution in [0.5, 0.6) is 0 Å². The van der Waals surface area contributed by atoms with Crippen LogP contribution in [-0.2, 0) is 16.0 Å². The number of benzene rings is 2. The van der Waals surface area contributed by atoms with E-state index in [2.05, 4.69) is 18.2 Å². The average molecular weight is 369 g/mol. The molecule has 0 aliphatic rings. The van der Waals surface area contributed by atoms with E-state index in [0.29, 0.717) is 0 Å². The van der Waals surface area contributed by atoms with Gasteiger partial charge in [-0.25, -0.2) is 0 Å². The van der Waals surface area contributed by atoms with Crippen molar-refractivity contribution < 1.29 is 19.8 Å². The van der Waals surface area contributed by atoms with E-state index in [0.717, 1.165) is 16.0 Å². The van der Waals surface area contributed by atoms with Crippen LogP contribution in [0.2, 0.25) is 0 Å². The molecule has 0 aliphatic carbocycles. The molecule has 0 unspecified atom stereocenters. The topological polar surface area (TPSA) is 101 Å². The smallest absolute Gasteiger partial charge is 0.320 e. The summed E-state index contributed by atoms with van der Waals surface area (Å²) in [5, 5.41) is 19.5. The Morgan fingerprint density at radius 1 is 1.00 bits per heavy atom. The minimum atomic E-state index is -1.18. The first-order chi connectivity index (χ1) is 12.4. The van der Waals surface area contributed by atoms with Crippen molar-refractivity contribution in [2.75, 3.05) is 0 Å². The third-order valence-electron chi connectivity index (χ3n) is 4.32. The molecule has 0 fully saturated rings. The Morgan fingerprint density at radius 3 is 2.46 bits per heavy atom. The van der Waals surface area contributed by atoms with Crippen molar-refractivity contribution in [1.29, 1.82) is 0 Å². The van der Waals surface area contributed by atoms with Gasteiger partial charge in [-0.15, -0.1) is 11.3 Å². The first-order valence-corrected chi connectivity index (χ1v) is 9.05. The van der Waals surface area contributed by atoms with Crippen LogP contribution in [0.25, 0.3) is 20.5 Å². The molecule has 3 rings (SSSR count). The summed E-state index contributed by atoms with van der Waals surface area (Å²) in [6, 6.07) is 16.8. The lowest BCUT2D eigenvalue weighted by Crippen LogP contribution is -2.35. The van der Waals surface area contributed by atoms with Gasteiger partial charge in [-0.2, -0.15) is 0 Å². The number of carboxylic acid groups (broad SMARTS) is 2. The summed E-state index contributed by atoms with van der Waals surface area (Å²) in [5.41, 5.74) is 7.39. The second kappa shape index (κ2) is 7.68. The van der Waals surface area contributed by atoms with Gasteiger partial charge in [0.1, 0.15) is 6.04 Å². The summed E-state index contributed by atoms with van der Waals surface area (Å²) in [6.07, 6.45) is 0.146. The van der Waals surface area contributed by atoms with Crippen molar-refractivity contribution in [3.63, 3.8) is 0 Å². The van der Waals surface area contributed by atoms with Gasteiger partial charge in [0.05, 0.1) is 5.92 Å². The summed E-state index contributed by atoms with van der Waals surface area (Å²) in [7, 11) is 0. The zero-order chi connectivity index (χ0) is 18.7. The van der Waals surface area contributed by atoms with E-state index < -0.39 is 23.9 Å². The van der Waals surface area contributed by atoms with Gasteiger partial charge in [-0.3, -0.25) is 9.59 Å². The quantitative estimate of drug-likeness (QED) is 0.591. The highest BCUT2D eigenvalue weighted by Gasteiger charge is 2.24. The van der Waals surface area contributed by atoms with E-state index in [4.69, 9.17) is 10.8 Å². The molecule has 6 heteroatoms. The normalized spacial score (nSPS) is 13.4. The zero-order valence-corrected chi connectivity index (χ0v) is 14.8. The Balaban J connectivity index is 1.83. The van der Waals surface area contributed by atoms with Crippen LogP contribution in [0.1, 0.15) is 12.0 Å². The van der Waals surface area contributed by atoms with Crippen molar-refractivity contribution in [2.24, 2.45) is 11.7 Å². The molecule has 2 aromatic carbocycles. The second-order valence-corrected chi connectivity index (χ2v) is 7.35. The summed E-state index contributed by atoms with van der Waals surface area (Å²) in [5.74, 6) is -3.05. The van der Waals surface area contributed by atoms with Crippen LogP contribution in [0.15, 0.2) is 54.6 Å². The molecule has 0 radical (unpaired) electrons. The number of aliphatic carboxylic acids is 2. The highest BCUT2D eigenvalue weighted by atomic mass is 32.1. The minimum Gasteiger partial charge on any atom is -0.481 e. The van der Waals surface area contributed by atoms with E-state index >= 15 is 0 Å². The maximum Gasteiger partial charge on any atom is 0.320 e. The Labute approximate surface area is 154 Å². The molecule has 1 aromatic heterocycles. The Bertz CT molecular complexity index is 917. The molecule has 0 saturated heterocycles. The largest absolute Gasteiger partial charge is 0.481 e. The molecule has 0 aliphatic heterocycles. The molecule has 1 heterocycles. The molecule has 3 aromatic rings.